The Balaban J connectivity index is 2.61. The zero-order chi connectivity index (χ0) is 9.47. The van der Waals surface area contributed by atoms with E-state index in [9.17, 15) is 9.90 Å². The van der Waals surface area contributed by atoms with Crippen molar-refractivity contribution in [3.63, 3.8) is 0 Å². The fourth-order valence-electron chi connectivity index (χ4n) is 2.01. The van der Waals surface area contributed by atoms with Gasteiger partial charge < -0.3 is 5.11 Å². The zero-order valence-electron chi connectivity index (χ0n) is 7.58. The summed E-state index contributed by atoms with van der Waals surface area (Å²) in [6, 6.07) is 5.73. The van der Waals surface area contributed by atoms with Crippen molar-refractivity contribution in [2.75, 3.05) is 0 Å². The molecule has 0 amide bonds. The van der Waals surface area contributed by atoms with Crippen LogP contribution in [0.3, 0.4) is 0 Å². The highest BCUT2D eigenvalue weighted by Crippen LogP contribution is 2.36. The summed E-state index contributed by atoms with van der Waals surface area (Å²) in [7, 11) is 0. The molecule has 2 heteroatoms. The summed E-state index contributed by atoms with van der Waals surface area (Å²) in [5, 5.41) is 9.91. The topological polar surface area (TPSA) is 37.3 Å². The van der Waals surface area contributed by atoms with Gasteiger partial charge in [0.15, 0.2) is 6.29 Å². The Bertz CT molecular complexity index is 357. The number of hydrogen-bond acceptors (Lipinski definition) is 2. The lowest BCUT2D eigenvalue weighted by Gasteiger charge is -2.15. The molecule has 0 aliphatic heterocycles. The molecule has 2 nitrogen and oxygen atoms in total. The maximum atomic E-state index is 10.8. The maximum absolute atomic E-state index is 10.8. The van der Waals surface area contributed by atoms with Gasteiger partial charge >= 0.3 is 0 Å². The number of aldehydes is 1. The van der Waals surface area contributed by atoms with Crippen LogP contribution >= 0.6 is 0 Å². The molecule has 0 saturated carbocycles. The average molecular weight is 176 g/mol. The Labute approximate surface area is 77.2 Å². The second-order valence-electron chi connectivity index (χ2n) is 3.64. The van der Waals surface area contributed by atoms with Gasteiger partial charge in [0.05, 0.1) is 0 Å². The largest absolute Gasteiger partial charge is 0.378 e. The van der Waals surface area contributed by atoms with Gasteiger partial charge in [-0.2, -0.15) is 0 Å². The molecular weight excluding hydrogens is 164 g/mol. The predicted molar refractivity (Wildman–Crippen MR) is 49.5 cm³/mol. The van der Waals surface area contributed by atoms with Gasteiger partial charge in [-0.3, -0.25) is 4.79 Å². The molecule has 1 aliphatic rings. The molecule has 1 aromatic carbocycles. The van der Waals surface area contributed by atoms with Crippen LogP contribution in [0.5, 0.6) is 0 Å². The smallest absolute Gasteiger partial charge is 0.156 e. The molecule has 13 heavy (non-hydrogen) atoms. The van der Waals surface area contributed by atoms with Crippen LogP contribution in [0.4, 0.5) is 0 Å². The van der Waals surface area contributed by atoms with Crippen LogP contribution in [0.25, 0.3) is 0 Å². The molecule has 0 radical (unpaired) electrons. The SMILES string of the molecule is Cc1cccc2c1CCC2(O)C=O. The molecule has 0 bridgehead atoms. The Kier molecular flexibility index (Phi) is 1.74. The average Bonchev–Trinajstić information content (AvgIpc) is 2.47. The second-order valence-corrected chi connectivity index (χ2v) is 3.64. The molecule has 68 valence electrons. The third-order valence-corrected chi connectivity index (χ3v) is 2.83. The molecule has 0 heterocycles. The number of benzene rings is 1. The predicted octanol–water partition coefficient (Wildman–Crippen LogP) is 1.33. The van der Waals surface area contributed by atoms with Gasteiger partial charge in [0.25, 0.3) is 0 Å². The summed E-state index contributed by atoms with van der Waals surface area (Å²) in [4.78, 5) is 10.8. The number of rotatable bonds is 1. The van der Waals surface area contributed by atoms with Crippen molar-refractivity contribution in [1.29, 1.82) is 0 Å². The van der Waals surface area contributed by atoms with E-state index in [2.05, 4.69) is 0 Å². The van der Waals surface area contributed by atoms with Gasteiger partial charge in [-0.25, -0.2) is 0 Å². The summed E-state index contributed by atoms with van der Waals surface area (Å²) >= 11 is 0. The second kappa shape index (κ2) is 2.67. The molecule has 1 N–H and O–H groups in total. The van der Waals surface area contributed by atoms with Gasteiger partial charge in [-0.15, -0.1) is 0 Å². The van der Waals surface area contributed by atoms with E-state index in [0.29, 0.717) is 12.7 Å². The maximum Gasteiger partial charge on any atom is 0.156 e. The summed E-state index contributed by atoms with van der Waals surface area (Å²) < 4.78 is 0. The highest BCUT2D eigenvalue weighted by atomic mass is 16.3. The third-order valence-electron chi connectivity index (χ3n) is 2.83. The van der Waals surface area contributed by atoms with Crippen molar-refractivity contribution in [1.82, 2.24) is 0 Å². The fourth-order valence-corrected chi connectivity index (χ4v) is 2.01. The van der Waals surface area contributed by atoms with Crippen molar-refractivity contribution in [2.45, 2.75) is 25.4 Å². The van der Waals surface area contributed by atoms with E-state index in [0.717, 1.165) is 23.1 Å². The Morgan fingerprint density at radius 2 is 2.31 bits per heavy atom. The summed E-state index contributed by atoms with van der Waals surface area (Å²) in [6.07, 6.45) is 1.98. The molecule has 1 atom stereocenters. The van der Waals surface area contributed by atoms with Gasteiger partial charge in [-0.1, -0.05) is 18.2 Å². The first-order valence-corrected chi connectivity index (χ1v) is 4.45. The van der Waals surface area contributed by atoms with Crippen molar-refractivity contribution in [3.05, 3.63) is 34.9 Å². The number of carbonyl (C=O) groups is 1. The van der Waals surface area contributed by atoms with Crippen LogP contribution in [0.15, 0.2) is 18.2 Å². The van der Waals surface area contributed by atoms with E-state index in [1.165, 1.54) is 0 Å². The van der Waals surface area contributed by atoms with E-state index < -0.39 is 5.60 Å². The number of carbonyl (C=O) groups excluding carboxylic acids is 1. The van der Waals surface area contributed by atoms with E-state index in [1.54, 1.807) is 0 Å². The summed E-state index contributed by atoms with van der Waals surface area (Å²) in [5.41, 5.74) is 1.87. The molecule has 2 rings (SSSR count). The third kappa shape index (κ3) is 1.10. The van der Waals surface area contributed by atoms with Crippen molar-refractivity contribution in [2.24, 2.45) is 0 Å². The minimum atomic E-state index is -1.22. The number of aryl methyl sites for hydroxylation is 1. The lowest BCUT2D eigenvalue weighted by molar-refractivity contribution is -0.124. The first kappa shape index (κ1) is 8.45. The first-order valence-electron chi connectivity index (χ1n) is 4.45. The Morgan fingerprint density at radius 1 is 1.54 bits per heavy atom. The van der Waals surface area contributed by atoms with Crippen LogP contribution in [0.2, 0.25) is 0 Å². The molecule has 1 aliphatic carbocycles. The highest BCUT2D eigenvalue weighted by molar-refractivity contribution is 5.69. The lowest BCUT2D eigenvalue weighted by atomic mass is 9.96. The molecule has 1 unspecified atom stereocenters. The molecule has 0 aromatic heterocycles. The van der Waals surface area contributed by atoms with Crippen LogP contribution in [-0.4, -0.2) is 11.4 Å². The van der Waals surface area contributed by atoms with Crippen LogP contribution < -0.4 is 0 Å². The van der Waals surface area contributed by atoms with Gasteiger partial charge in [0.1, 0.15) is 5.60 Å². The van der Waals surface area contributed by atoms with Crippen LogP contribution in [0.1, 0.15) is 23.1 Å². The first-order chi connectivity index (χ1) is 6.17. The van der Waals surface area contributed by atoms with E-state index in [-0.39, 0.29) is 0 Å². The van der Waals surface area contributed by atoms with Gasteiger partial charge in [-0.05, 0) is 36.5 Å². The van der Waals surface area contributed by atoms with Crippen molar-refractivity contribution < 1.29 is 9.90 Å². The van der Waals surface area contributed by atoms with Crippen LogP contribution in [0, 0.1) is 6.92 Å². The normalized spacial score (nSPS) is 25.7. The number of fused-ring (bicyclic) bond motifs is 1. The summed E-state index contributed by atoms with van der Waals surface area (Å²) in [5.74, 6) is 0. The van der Waals surface area contributed by atoms with E-state index in [4.69, 9.17) is 0 Å². The monoisotopic (exact) mass is 176 g/mol. The quantitative estimate of drug-likeness (QED) is 0.655. The number of hydrogen-bond donors (Lipinski definition) is 1. The fraction of sp³-hybridized carbons (Fsp3) is 0.364. The number of aliphatic hydroxyl groups is 1. The minimum Gasteiger partial charge on any atom is -0.378 e. The molecule has 0 saturated heterocycles. The van der Waals surface area contributed by atoms with Crippen LogP contribution in [-0.2, 0) is 16.8 Å². The van der Waals surface area contributed by atoms with Crippen molar-refractivity contribution in [3.8, 4) is 0 Å². The zero-order valence-corrected chi connectivity index (χ0v) is 7.58. The van der Waals surface area contributed by atoms with Crippen molar-refractivity contribution >= 4 is 6.29 Å². The molecule has 1 aromatic rings. The lowest BCUT2D eigenvalue weighted by Crippen LogP contribution is -2.23. The Morgan fingerprint density at radius 3 is 3.00 bits per heavy atom. The van der Waals surface area contributed by atoms with Gasteiger partial charge in [0.2, 0.25) is 0 Å². The summed E-state index contributed by atoms with van der Waals surface area (Å²) in [6.45, 7) is 2.01. The molecule has 0 spiro atoms. The molecule has 0 fully saturated rings. The molecular formula is C11H12O2. The standard InChI is InChI=1S/C11H12O2/c1-8-3-2-4-10-9(8)5-6-11(10,13)7-12/h2-4,7,13H,5-6H2,1H3. The Hall–Kier alpha value is -1.15. The van der Waals surface area contributed by atoms with E-state index >= 15 is 0 Å². The van der Waals surface area contributed by atoms with Gasteiger partial charge in [0, 0.05) is 0 Å². The highest BCUT2D eigenvalue weighted by Gasteiger charge is 2.36. The minimum absolute atomic E-state index is 0.524. The van der Waals surface area contributed by atoms with E-state index in [1.807, 2.05) is 25.1 Å².